The molecule has 1 unspecified atom stereocenters. The number of H-pyrrole nitrogens is 1. The highest BCUT2D eigenvalue weighted by Gasteiger charge is 2.25. The number of hydrogen-bond donors (Lipinski definition) is 2. The van der Waals surface area contributed by atoms with Crippen molar-refractivity contribution < 1.29 is 0 Å². The van der Waals surface area contributed by atoms with Crippen LogP contribution in [0.25, 0.3) is 11.3 Å². The number of nitrogens with one attached hydrogen (secondary N) is 2. The molecule has 2 aromatic rings. The number of anilines is 1. The summed E-state index contributed by atoms with van der Waals surface area (Å²) in [5.74, 6) is 2.21. The molecule has 1 aliphatic rings. The first-order valence-corrected chi connectivity index (χ1v) is 7.07. The predicted molar refractivity (Wildman–Crippen MR) is 79.5 cm³/mol. The standard InChI is InChI=1S/C16H21N3/c1-10(2)9-17-16-14-8-11(3)12-6-4-5-7-13(12)15(14)18-19-16/h4-7,10-11H,8-9H2,1-3H3,(H2,17,18,19). The Balaban J connectivity index is 1.99. The fourth-order valence-electron chi connectivity index (χ4n) is 2.80. The van der Waals surface area contributed by atoms with Crippen LogP contribution in [0.15, 0.2) is 24.3 Å². The highest BCUT2D eigenvalue weighted by Crippen LogP contribution is 2.40. The van der Waals surface area contributed by atoms with E-state index in [4.69, 9.17) is 0 Å². The van der Waals surface area contributed by atoms with Crippen LogP contribution in [0.1, 0.15) is 37.8 Å². The van der Waals surface area contributed by atoms with Gasteiger partial charge in [0.05, 0.1) is 5.69 Å². The van der Waals surface area contributed by atoms with Crippen LogP contribution in [0.5, 0.6) is 0 Å². The summed E-state index contributed by atoms with van der Waals surface area (Å²) in [5.41, 5.74) is 5.27. The molecule has 3 rings (SSSR count). The van der Waals surface area contributed by atoms with Gasteiger partial charge < -0.3 is 5.32 Å². The van der Waals surface area contributed by atoms with Crippen molar-refractivity contribution in [2.45, 2.75) is 33.1 Å². The molecule has 2 N–H and O–H groups in total. The fraction of sp³-hybridized carbons (Fsp3) is 0.438. The fourth-order valence-corrected chi connectivity index (χ4v) is 2.80. The Bertz CT molecular complexity index is 583. The lowest BCUT2D eigenvalue weighted by Crippen LogP contribution is -2.12. The minimum Gasteiger partial charge on any atom is -0.368 e. The molecule has 0 bridgehead atoms. The van der Waals surface area contributed by atoms with Gasteiger partial charge >= 0.3 is 0 Å². The van der Waals surface area contributed by atoms with Crippen LogP contribution < -0.4 is 5.32 Å². The van der Waals surface area contributed by atoms with Crippen molar-refractivity contribution >= 4 is 5.82 Å². The second kappa shape index (κ2) is 4.72. The number of aromatic amines is 1. The molecule has 1 atom stereocenters. The summed E-state index contributed by atoms with van der Waals surface area (Å²) < 4.78 is 0. The van der Waals surface area contributed by atoms with Crippen LogP contribution in [0.2, 0.25) is 0 Å². The van der Waals surface area contributed by atoms with E-state index in [-0.39, 0.29) is 0 Å². The third-order valence-corrected chi connectivity index (χ3v) is 3.82. The maximum atomic E-state index is 4.47. The predicted octanol–water partition coefficient (Wildman–Crippen LogP) is 3.80. The zero-order chi connectivity index (χ0) is 13.4. The minimum absolute atomic E-state index is 0.556. The van der Waals surface area contributed by atoms with Crippen LogP contribution >= 0.6 is 0 Å². The van der Waals surface area contributed by atoms with Crippen LogP contribution in [0.3, 0.4) is 0 Å². The van der Waals surface area contributed by atoms with Gasteiger partial charge in [0.25, 0.3) is 0 Å². The second-order valence-corrected chi connectivity index (χ2v) is 5.89. The van der Waals surface area contributed by atoms with Gasteiger partial charge in [0.15, 0.2) is 5.82 Å². The van der Waals surface area contributed by atoms with Crippen molar-refractivity contribution in [1.29, 1.82) is 0 Å². The van der Waals surface area contributed by atoms with Crippen molar-refractivity contribution in [3.63, 3.8) is 0 Å². The maximum absolute atomic E-state index is 4.47. The molecule has 1 heterocycles. The molecule has 100 valence electrons. The Labute approximate surface area is 114 Å². The number of nitrogens with zero attached hydrogens (tertiary/aromatic N) is 1. The summed E-state index contributed by atoms with van der Waals surface area (Å²) in [6.07, 6.45) is 1.06. The Morgan fingerprint density at radius 3 is 2.95 bits per heavy atom. The van der Waals surface area contributed by atoms with E-state index in [1.165, 1.54) is 22.4 Å². The van der Waals surface area contributed by atoms with Crippen molar-refractivity contribution in [2.75, 3.05) is 11.9 Å². The molecule has 3 nitrogen and oxygen atoms in total. The van der Waals surface area contributed by atoms with E-state index in [1.807, 2.05) is 0 Å². The zero-order valence-electron chi connectivity index (χ0n) is 11.8. The van der Waals surface area contributed by atoms with E-state index in [9.17, 15) is 0 Å². The van der Waals surface area contributed by atoms with Crippen LogP contribution in [-0.4, -0.2) is 16.7 Å². The molecule has 1 aliphatic carbocycles. The summed E-state index contributed by atoms with van der Waals surface area (Å²) in [7, 11) is 0. The van der Waals surface area contributed by atoms with Gasteiger partial charge in [0.1, 0.15) is 0 Å². The number of fused-ring (bicyclic) bond motifs is 3. The van der Waals surface area contributed by atoms with Gasteiger partial charge in [-0.3, -0.25) is 5.10 Å². The van der Waals surface area contributed by atoms with Crippen LogP contribution in [0.4, 0.5) is 5.82 Å². The lowest BCUT2D eigenvalue weighted by molar-refractivity contribution is 0.684. The third kappa shape index (κ3) is 2.14. The Kier molecular flexibility index (Phi) is 3.05. The number of hydrogen-bond acceptors (Lipinski definition) is 2. The SMILES string of the molecule is CC(C)CNc1n[nH]c2c1CC(C)c1ccccc1-2. The first kappa shape index (κ1) is 12.3. The summed E-state index contributed by atoms with van der Waals surface area (Å²) in [6.45, 7) is 7.68. The highest BCUT2D eigenvalue weighted by atomic mass is 15.2. The van der Waals surface area contributed by atoms with Gasteiger partial charge in [-0.15, -0.1) is 0 Å². The molecular weight excluding hydrogens is 234 g/mol. The summed E-state index contributed by atoms with van der Waals surface area (Å²) >= 11 is 0. The monoisotopic (exact) mass is 255 g/mol. The lowest BCUT2D eigenvalue weighted by atomic mass is 9.83. The third-order valence-electron chi connectivity index (χ3n) is 3.82. The molecule has 19 heavy (non-hydrogen) atoms. The molecular formula is C16H21N3. The van der Waals surface area contributed by atoms with E-state index < -0.39 is 0 Å². The van der Waals surface area contributed by atoms with Gasteiger partial charge in [-0.25, -0.2) is 0 Å². The largest absolute Gasteiger partial charge is 0.368 e. The van der Waals surface area contributed by atoms with Gasteiger partial charge in [-0.1, -0.05) is 45.0 Å². The molecule has 0 amide bonds. The van der Waals surface area contributed by atoms with Crippen molar-refractivity contribution in [2.24, 2.45) is 5.92 Å². The highest BCUT2D eigenvalue weighted by molar-refractivity contribution is 5.75. The number of benzene rings is 1. The van der Waals surface area contributed by atoms with E-state index in [0.717, 1.165) is 18.8 Å². The topological polar surface area (TPSA) is 40.7 Å². The molecule has 0 spiro atoms. The van der Waals surface area contributed by atoms with Gasteiger partial charge in [-0.2, -0.15) is 5.10 Å². The molecule has 0 saturated heterocycles. The van der Waals surface area contributed by atoms with E-state index in [2.05, 4.69) is 60.6 Å². The molecule has 0 fully saturated rings. The Hall–Kier alpha value is -1.77. The molecule has 3 heteroatoms. The first-order chi connectivity index (χ1) is 9.16. The zero-order valence-corrected chi connectivity index (χ0v) is 11.8. The Morgan fingerprint density at radius 2 is 2.16 bits per heavy atom. The van der Waals surface area contributed by atoms with Crippen molar-refractivity contribution in [3.8, 4) is 11.3 Å². The average molecular weight is 255 g/mol. The van der Waals surface area contributed by atoms with Gasteiger partial charge in [0, 0.05) is 17.7 Å². The smallest absolute Gasteiger partial charge is 0.151 e. The first-order valence-electron chi connectivity index (χ1n) is 7.07. The quantitative estimate of drug-likeness (QED) is 0.875. The molecule has 0 saturated carbocycles. The van der Waals surface area contributed by atoms with Crippen molar-refractivity contribution in [3.05, 3.63) is 35.4 Å². The number of rotatable bonds is 3. The van der Waals surface area contributed by atoms with Crippen LogP contribution in [-0.2, 0) is 6.42 Å². The lowest BCUT2D eigenvalue weighted by Gasteiger charge is -2.22. The van der Waals surface area contributed by atoms with E-state index in [1.54, 1.807) is 0 Å². The van der Waals surface area contributed by atoms with Crippen LogP contribution in [0, 0.1) is 5.92 Å². The minimum atomic E-state index is 0.556. The second-order valence-electron chi connectivity index (χ2n) is 5.89. The summed E-state index contributed by atoms with van der Waals surface area (Å²) in [4.78, 5) is 0. The van der Waals surface area contributed by atoms with E-state index in [0.29, 0.717) is 11.8 Å². The summed E-state index contributed by atoms with van der Waals surface area (Å²) in [6, 6.07) is 8.64. The maximum Gasteiger partial charge on any atom is 0.151 e. The average Bonchev–Trinajstić information content (AvgIpc) is 2.80. The van der Waals surface area contributed by atoms with Crippen molar-refractivity contribution in [1.82, 2.24) is 10.2 Å². The Morgan fingerprint density at radius 1 is 1.37 bits per heavy atom. The molecule has 0 radical (unpaired) electrons. The number of aromatic nitrogens is 2. The van der Waals surface area contributed by atoms with Gasteiger partial charge in [0.2, 0.25) is 0 Å². The molecule has 1 aromatic heterocycles. The molecule has 0 aliphatic heterocycles. The van der Waals surface area contributed by atoms with E-state index >= 15 is 0 Å². The normalized spacial score (nSPS) is 17.2. The van der Waals surface area contributed by atoms with Gasteiger partial charge in [-0.05, 0) is 23.8 Å². The molecule has 1 aromatic carbocycles. The summed E-state index contributed by atoms with van der Waals surface area (Å²) in [5, 5.41) is 11.1.